The molecular formula is C14H6F6N4O. The van der Waals surface area contributed by atoms with E-state index in [0.717, 1.165) is 7.11 Å². The number of hydrogen-bond donors (Lipinski definition) is 1. The Morgan fingerprint density at radius 3 is 1.88 bits per heavy atom. The van der Waals surface area contributed by atoms with E-state index in [0.29, 0.717) is 6.07 Å². The molecule has 0 saturated heterocycles. The van der Waals surface area contributed by atoms with Crippen LogP contribution in [-0.2, 0) is 12.4 Å². The largest absolute Gasteiger partial charge is 0.495 e. The Hall–Kier alpha value is -3.39. The van der Waals surface area contributed by atoms with Crippen LogP contribution in [0.2, 0.25) is 0 Å². The number of ether oxygens (including phenoxy) is 1. The SMILES string of the molecule is COc1cc(C(F)(F)F)cc(C(F)(F)F)c1NC(C#N)=C(C#N)C#N. The summed E-state index contributed by atoms with van der Waals surface area (Å²) in [5.74, 6) is -0.870. The molecule has 1 aromatic carbocycles. The van der Waals surface area contributed by atoms with E-state index in [1.807, 2.05) is 5.32 Å². The average molecular weight is 360 g/mol. The minimum atomic E-state index is -5.24. The van der Waals surface area contributed by atoms with Gasteiger partial charge in [-0.2, -0.15) is 42.1 Å². The maximum atomic E-state index is 13.2. The fourth-order valence-corrected chi connectivity index (χ4v) is 1.70. The van der Waals surface area contributed by atoms with Crippen LogP contribution >= 0.6 is 0 Å². The Balaban J connectivity index is 3.77. The van der Waals surface area contributed by atoms with E-state index in [9.17, 15) is 26.3 Å². The molecule has 5 nitrogen and oxygen atoms in total. The zero-order valence-corrected chi connectivity index (χ0v) is 12.2. The number of rotatable bonds is 3. The summed E-state index contributed by atoms with van der Waals surface area (Å²) in [7, 11) is 0.825. The van der Waals surface area contributed by atoms with Gasteiger partial charge in [-0.15, -0.1) is 0 Å². The molecular weight excluding hydrogens is 354 g/mol. The van der Waals surface area contributed by atoms with E-state index in [1.165, 1.54) is 18.2 Å². The van der Waals surface area contributed by atoms with Crippen molar-refractivity contribution >= 4 is 5.69 Å². The molecule has 0 heterocycles. The molecule has 0 aromatic heterocycles. The van der Waals surface area contributed by atoms with Crippen LogP contribution in [0.5, 0.6) is 5.75 Å². The van der Waals surface area contributed by atoms with Crippen molar-refractivity contribution in [2.45, 2.75) is 12.4 Å². The molecule has 0 spiro atoms. The van der Waals surface area contributed by atoms with Gasteiger partial charge in [-0.1, -0.05) is 0 Å². The average Bonchev–Trinajstić information content (AvgIpc) is 2.52. The van der Waals surface area contributed by atoms with E-state index in [-0.39, 0.29) is 6.07 Å². The van der Waals surface area contributed by atoms with Gasteiger partial charge in [0.25, 0.3) is 0 Å². The van der Waals surface area contributed by atoms with Gasteiger partial charge in [0, 0.05) is 0 Å². The fraction of sp³-hybridized carbons (Fsp3) is 0.214. The number of nitrogens with one attached hydrogen (secondary N) is 1. The van der Waals surface area contributed by atoms with Crippen LogP contribution in [0.1, 0.15) is 11.1 Å². The lowest BCUT2D eigenvalue weighted by atomic mass is 10.1. The van der Waals surface area contributed by atoms with Crippen molar-refractivity contribution in [2.75, 3.05) is 12.4 Å². The standard InChI is InChI=1S/C14H6F6N4O/c1-25-11-3-8(13(15,16)17)2-9(14(18,19)20)12(11)24-10(6-23)7(4-21)5-22/h2-3,24H,1H3. The molecule has 1 aromatic rings. The first kappa shape index (κ1) is 19.7. The maximum Gasteiger partial charge on any atom is 0.418 e. The predicted molar refractivity (Wildman–Crippen MR) is 70.5 cm³/mol. The Bertz CT molecular complexity index is 818. The highest BCUT2D eigenvalue weighted by Gasteiger charge is 2.40. The zero-order chi connectivity index (χ0) is 19.4. The molecule has 1 N–H and O–H groups in total. The Morgan fingerprint density at radius 2 is 1.52 bits per heavy atom. The molecule has 0 amide bonds. The molecule has 0 aliphatic rings. The number of alkyl halides is 6. The van der Waals surface area contributed by atoms with Crippen molar-refractivity contribution in [2.24, 2.45) is 0 Å². The molecule has 0 radical (unpaired) electrons. The summed E-state index contributed by atoms with van der Waals surface area (Å²) in [6.45, 7) is 0. The molecule has 0 fully saturated rings. The third kappa shape index (κ3) is 4.33. The first-order valence-electron chi connectivity index (χ1n) is 6.07. The summed E-state index contributed by atoms with van der Waals surface area (Å²) in [4.78, 5) is 0. The second-order valence-electron chi connectivity index (χ2n) is 4.31. The van der Waals surface area contributed by atoms with E-state index in [1.54, 1.807) is 0 Å². The van der Waals surface area contributed by atoms with Crippen molar-refractivity contribution < 1.29 is 31.1 Å². The van der Waals surface area contributed by atoms with Gasteiger partial charge in [0.05, 0.1) is 23.9 Å². The maximum absolute atomic E-state index is 13.2. The highest BCUT2D eigenvalue weighted by Crippen LogP contribution is 2.44. The van der Waals surface area contributed by atoms with Crippen LogP contribution in [0.25, 0.3) is 0 Å². The number of methoxy groups -OCH3 is 1. The van der Waals surface area contributed by atoms with E-state index < -0.39 is 46.2 Å². The third-order valence-corrected chi connectivity index (χ3v) is 2.79. The molecule has 0 unspecified atom stereocenters. The number of hydrogen-bond acceptors (Lipinski definition) is 5. The summed E-state index contributed by atoms with van der Waals surface area (Å²) in [5.41, 5.74) is -6.14. The van der Waals surface area contributed by atoms with Gasteiger partial charge in [-0.05, 0) is 12.1 Å². The number of benzene rings is 1. The van der Waals surface area contributed by atoms with Gasteiger partial charge < -0.3 is 10.1 Å². The lowest BCUT2D eigenvalue weighted by Gasteiger charge is -2.19. The van der Waals surface area contributed by atoms with Crippen LogP contribution in [0.4, 0.5) is 32.0 Å². The van der Waals surface area contributed by atoms with Crippen molar-refractivity contribution in [1.82, 2.24) is 0 Å². The monoisotopic (exact) mass is 360 g/mol. The van der Waals surface area contributed by atoms with Crippen LogP contribution in [-0.4, -0.2) is 7.11 Å². The van der Waals surface area contributed by atoms with E-state index in [4.69, 9.17) is 15.8 Å². The number of halogens is 6. The molecule has 130 valence electrons. The quantitative estimate of drug-likeness (QED) is 0.650. The molecule has 0 aliphatic heterocycles. The summed E-state index contributed by atoms with van der Waals surface area (Å²) < 4.78 is 82.4. The Labute approximate surface area is 136 Å². The number of anilines is 1. The van der Waals surface area contributed by atoms with Crippen molar-refractivity contribution in [3.63, 3.8) is 0 Å². The topological polar surface area (TPSA) is 92.6 Å². The molecule has 0 saturated carbocycles. The lowest BCUT2D eigenvalue weighted by Crippen LogP contribution is -2.15. The highest BCUT2D eigenvalue weighted by atomic mass is 19.4. The van der Waals surface area contributed by atoms with Crippen LogP contribution in [0, 0.1) is 34.0 Å². The Kier molecular flexibility index (Phi) is 5.52. The molecule has 11 heteroatoms. The summed E-state index contributed by atoms with van der Waals surface area (Å²) in [5, 5.41) is 28.1. The van der Waals surface area contributed by atoms with Gasteiger partial charge in [-0.3, -0.25) is 0 Å². The molecule has 0 atom stereocenters. The summed E-state index contributed by atoms with van der Waals surface area (Å²) in [6, 6.07) is 4.01. The lowest BCUT2D eigenvalue weighted by molar-refractivity contribution is -0.142. The first-order chi connectivity index (χ1) is 11.5. The van der Waals surface area contributed by atoms with Crippen LogP contribution in [0.3, 0.4) is 0 Å². The van der Waals surface area contributed by atoms with E-state index in [2.05, 4.69) is 4.74 Å². The minimum Gasteiger partial charge on any atom is -0.495 e. The van der Waals surface area contributed by atoms with Gasteiger partial charge >= 0.3 is 12.4 Å². The van der Waals surface area contributed by atoms with Crippen molar-refractivity contribution in [3.05, 3.63) is 34.5 Å². The second kappa shape index (κ2) is 7.02. The van der Waals surface area contributed by atoms with Crippen LogP contribution in [0.15, 0.2) is 23.4 Å². The van der Waals surface area contributed by atoms with Gasteiger partial charge in [0.15, 0.2) is 5.57 Å². The first-order valence-corrected chi connectivity index (χ1v) is 6.07. The summed E-state index contributed by atoms with van der Waals surface area (Å²) >= 11 is 0. The molecule has 1 rings (SSSR count). The zero-order valence-electron chi connectivity index (χ0n) is 12.2. The smallest absolute Gasteiger partial charge is 0.418 e. The number of allylic oxidation sites excluding steroid dienone is 2. The molecule has 0 aliphatic carbocycles. The van der Waals surface area contributed by atoms with Gasteiger partial charge in [0.2, 0.25) is 0 Å². The van der Waals surface area contributed by atoms with Gasteiger partial charge in [0.1, 0.15) is 29.7 Å². The number of nitrogens with zero attached hydrogens (tertiary/aromatic N) is 3. The second-order valence-corrected chi connectivity index (χ2v) is 4.31. The summed E-state index contributed by atoms with van der Waals surface area (Å²) in [6.07, 6.45) is -10.3. The normalized spacial score (nSPS) is 10.9. The van der Waals surface area contributed by atoms with Crippen LogP contribution < -0.4 is 10.1 Å². The van der Waals surface area contributed by atoms with E-state index >= 15 is 0 Å². The fourth-order valence-electron chi connectivity index (χ4n) is 1.70. The third-order valence-electron chi connectivity index (χ3n) is 2.79. The molecule has 0 bridgehead atoms. The molecule has 25 heavy (non-hydrogen) atoms. The Morgan fingerprint density at radius 1 is 0.960 bits per heavy atom. The van der Waals surface area contributed by atoms with Crippen molar-refractivity contribution in [1.29, 1.82) is 15.8 Å². The predicted octanol–water partition coefficient (Wildman–Crippen LogP) is 3.97. The highest BCUT2D eigenvalue weighted by molar-refractivity contribution is 5.70. The van der Waals surface area contributed by atoms with Gasteiger partial charge in [-0.25, -0.2) is 0 Å². The number of nitriles is 3. The van der Waals surface area contributed by atoms with Crippen molar-refractivity contribution in [3.8, 4) is 24.0 Å². The minimum absolute atomic E-state index is 0.168.